The molecular weight excluding hydrogens is 350 g/mol. The van der Waals surface area contributed by atoms with E-state index in [-0.39, 0.29) is 17.5 Å². The average Bonchev–Trinajstić information content (AvgIpc) is 3.29. The molecule has 0 aliphatic carbocycles. The number of thiazole rings is 1. The quantitative estimate of drug-likeness (QED) is 0.767. The van der Waals surface area contributed by atoms with E-state index in [1.54, 1.807) is 29.7 Å². The molecule has 1 aliphatic heterocycles. The van der Waals surface area contributed by atoms with Gasteiger partial charge < -0.3 is 4.90 Å². The zero-order chi connectivity index (χ0) is 18.3. The van der Waals surface area contributed by atoms with E-state index >= 15 is 0 Å². The largest absolute Gasteiger partial charge is 0.347 e. The Morgan fingerprint density at radius 1 is 1.38 bits per heavy atom. The lowest BCUT2D eigenvalue weighted by Crippen LogP contribution is -2.39. The van der Waals surface area contributed by atoms with Gasteiger partial charge in [-0.2, -0.15) is 5.10 Å². The van der Waals surface area contributed by atoms with Crippen LogP contribution in [0.2, 0.25) is 0 Å². The van der Waals surface area contributed by atoms with Crippen LogP contribution in [-0.4, -0.2) is 43.5 Å². The molecule has 136 valence electrons. The first-order chi connectivity index (χ1) is 12.5. The molecule has 0 spiro atoms. The Kier molecular flexibility index (Phi) is 4.36. The van der Waals surface area contributed by atoms with Crippen molar-refractivity contribution in [2.45, 2.75) is 38.5 Å². The lowest BCUT2D eigenvalue weighted by molar-refractivity contribution is 0.0706. The van der Waals surface area contributed by atoms with E-state index in [2.05, 4.69) is 29.4 Å². The van der Waals surface area contributed by atoms with Crippen molar-refractivity contribution in [3.05, 3.63) is 50.5 Å². The van der Waals surface area contributed by atoms with Gasteiger partial charge in [0.2, 0.25) is 0 Å². The zero-order valence-electron chi connectivity index (χ0n) is 14.8. The van der Waals surface area contributed by atoms with Crippen molar-refractivity contribution in [1.82, 2.24) is 24.5 Å². The summed E-state index contributed by atoms with van der Waals surface area (Å²) in [6.45, 7) is 5.69. The van der Waals surface area contributed by atoms with E-state index in [0.717, 1.165) is 30.1 Å². The lowest BCUT2D eigenvalue weighted by atomic mass is 9.98. The first-order valence-electron chi connectivity index (χ1n) is 8.84. The van der Waals surface area contributed by atoms with Gasteiger partial charge in [0.15, 0.2) is 5.65 Å². The fourth-order valence-electron chi connectivity index (χ4n) is 3.33. The molecule has 1 N–H and O–H groups in total. The SMILES string of the molecule is CC(C)c1csc(C2CCCN(C(=O)c3ccc4n[nH]c(=O)n4c3)C2)n1. The number of carbonyl (C=O) groups excluding carboxylic acids is 1. The van der Waals surface area contributed by atoms with Gasteiger partial charge in [-0.15, -0.1) is 11.3 Å². The summed E-state index contributed by atoms with van der Waals surface area (Å²) in [4.78, 5) is 31.3. The summed E-state index contributed by atoms with van der Waals surface area (Å²) in [5, 5.41) is 9.52. The van der Waals surface area contributed by atoms with E-state index in [1.165, 1.54) is 4.40 Å². The van der Waals surface area contributed by atoms with Crippen LogP contribution in [0.5, 0.6) is 0 Å². The second-order valence-corrected chi connectivity index (χ2v) is 7.92. The number of aromatic nitrogens is 4. The molecule has 1 unspecified atom stereocenters. The lowest BCUT2D eigenvalue weighted by Gasteiger charge is -2.32. The third kappa shape index (κ3) is 3.05. The molecule has 1 aliphatic rings. The molecule has 4 rings (SSSR count). The number of hydrogen-bond donors (Lipinski definition) is 1. The van der Waals surface area contributed by atoms with Crippen molar-refractivity contribution in [2.75, 3.05) is 13.1 Å². The number of amides is 1. The molecule has 7 nitrogen and oxygen atoms in total. The molecule has 0 aromatic carbocycles. The topological polar surface area (TPSA) is 83.4 Å². The third-order valence-electron chi connectivity index (χ3n) is 4.85. The van der Waals surface area contributed by atoms with Gasteiger partial charge in [0.25, 0.3) is 5.91 Å². The molecule has 8 heteroatoms. The predicted molar refractivity (Wildman–Crippen MR) is 99.9 cm³/mol. The van der Waals surface area contributed by atoms with Crippen molar-refractivity contribution < 1.29 is 4.79 Å². The smallest absolute Gasteiger partial charge is 0.338 e. The Bertz CT molecular complexity index is 1000. The van der Waals surface area contributed by atoms with Crippen molar-refractivity contribution in [3.8, 4) is 0 Å². The van der Waals surface area contributed by atoms with Crippen LogP contribution >= 0.6 is 11.3 Å². The first kappa shape index (κ1) is 17.0. The molecule has 0 saturated carbocycles. The normalized spacial score (nSPS) is 18.0. The number of pyridine rings is 1. The molecule has 1 atom stereocenters. The number of nitrogens with zero attached hydrogens (tertiary/aromatic N) is 4. The maximum atomic E-state index is 12.9. The summed E-state index contributed by atoms with van der Waals surface area (Å²) in [7, 11) is 0. The predicted octanol–water partition coefficient (Wildman–Crippen LogP) is 2.62. The highest BCUT2D eigenvalue weighted by molar-refractivity contribution is 7.09. The number of rotatable bonds is 3. The summed E-state index contributed by atoms with van der Waals surface area (Å²) < 4.78 is 1.37. The van der Waals surface area contributed by atoms with Crippen LogP contribution in [0.4, 0.5) is 0 Å². The minimum atomic E-state index is -0.338. The molecular formula is C18H21N5O2S. The first-order valence-corrected chi connectivity index (χ1v) is 9.72. The molecule has 3 aromatic heterocycles. The van der Waals surface area contributed by atoms with Crippen molar-refractivity contribution >= 4 is 22.9 Å². The summed E-state index contributed by atoms with van der Waals surface area (Å²) in [5.41, 5.74) is 1.80. The molecule has 4 heterocycles. The van der Waals surface area contributed by atoms with E-state index < -0.39 is 0 Å². The van der Waals surface area contributed by atoms with Crippen LogP contribution in [0.15, 0.2) is 28.5 Å². The summed E-state index contributed by atoms with van der Waals surface area (Å²) in [6.07, 6.45) is 3.57. The van der Waals surface area contributed by atoms with E-state index in [1.807, 2.05) is 4.90 Å². The summed E-state index contributed by atoms with van der Waals surface area (Å²) in [6, 6.07) is 3.41. The fraction of sp³-hybridized carbons (Fsp3) is 0.444. The van der Waals surface area contributed by atoms with Crippen LogP contribution in [-0.2, 0) is 0 Å². The van der Waals surface area contributed by atoms with E-state index in [0.29, 0.717) is 23.7 Å². The number of likely N-dealkylation sites (tertiary alicyclic amines) is 1. The Balaban J connectivity index is 1.55. The minimum Gasteiger partial charge on any atom is -0.338 e. The van der Waals surface area contributed by atoms with Gasteiger partial charge >= 0.3 is 5.69 Å². The molecule has 0 bridgehead atoms. The standard InChI is InChI=1S/C18H21N5O2S/c1-11(2)14-10-26-16(19-14)12-4-3-7-22(8-12)17(24)13-5-6-15-20-21-18(25)23(15)9-13/h5-6,9-12H,3-4,7-8H2,1-2H3,(H,21,25). The second kappa shape index (κ2) is 6.68. The number of fused-ring (bicyclic) bond motifs is 1. The third-order valence-corrected chi connectivity index (χ3v) is 5.87. The summed E-state index contributed by atoms with van der Waals surface area (Å²) >= 11 is 1.69. The van der Waals surface area contributed by atoms with Crippen molar-refractivity contribution in [1.29, 1.82) is 0 Å². The monoisotopic (exact) mass is 371 g/mol. The Morgan fingerprint density at radius 3 is 3.00 bits per heavy atom. The molecule has 1 amide bonds. The molecule has 1 fully saturated rings. The van der Waals surface area contributed by atoms with Gasteiger partial charge in [0.1, 0.15) is 0 Å². The van der Waals surface area contributed by atoms with E-state index in [4.69, 9.17) is 4.98 Å². The molecule has 0 radical (unpaired) electrons. The van der Waals surface area contributed by atoms with Gasteiger partial charge in [-0.3, -0.25) is 4.79 Å². The Hall–Kier alpha value is -2.48. The number of hydrogen-bond acceptors (Lipinski definition) is 5. The number of piperidine rings is 1. The number of nitrogens with one attached hydrogen (secondary N) is 1. The highest BCUT2D eigenvalue weighted by atomic mass is 32.1. The Labute approximate surface area is 154 Å². The van der Waals surface area contributed by atoms with E-state index in [9.17, 15) is 9.59 Å². The van der Waals surface area contributed by atoms with Crippen molar-refractivity contribution in [3.63, 3.8) is 0 Å². The van der Waals surface area contributed by atoms with Crippen molar-refractivity contribution in [2.24, 2.45) is 0 Å². The number of H-pyrrole nitrogens is 1. The molecule has 1 saturated heterocycles. The number of carbonyl (C=O) groups is 1. The fourth-order valence-corrected chi connectivity index (χ4v) is 4.44. The van der Waals surface area contributed by atoms with Gasteiger partial charge in [-0.05, 0) is 30.9 Å². The van der Waals surface area contributed by atoms with Gasteiger partial charge in [-0.1, -0.05) is 13.8 Å². The van der Waals surface area contributed by atoms with Crippen LogP contribution < -0.4 is 5.69 Å². The van der Waals surface area contributed by atoms with Gasteiger partial charge in [0.05, 0.1) is 16.3 Å². The maximum absolute atomic E-state index is 12.9. The van der Waals surface area contributed by atoms with Crippen LogP contribution in [0.25, 0.3) is 5.65 Å². The summed E-state index contributed by atoms with van der Waals surface area (Å²) in [5.74, 6) is 0.650. The highest BCUT2D eigenvalue weighted by Gasteiger charge is 2.27. The maximum Gasteiger partial charge on any atom is 0.347 e. The zero-order valence-corrected chi connectivity index (χ0v) is 15.6. The van der Waals surface area contributed by atoms with Gasteiger partial charge in [-0.25, -0.2) is 19.3 Å². The van der Waals surface area contributed by atoms with Crippen LogP contribution in [0.1, 0.15) is 59.6 Å². The van der Waals surface area contributed by atoms with Gasteiger partial charge in [0, 0.05) is 30.6 Å². The Morgan fingerprint density at radius 2 is 2.23 bits per heavy atom. The molecule has 26 heavy (non-hydrogen) atoms. The second-order valence-electron chi connectivity index (χ2n) is 7.03. The minimum absolute atomic E-state index is 0.0506. The number of aromatic amines is 1. The highest BCUT2D eigenvalue weighted by Crippen LogP contribution is 2.31. The molecule has 3 aromatic rings. The average molecular weight is 371 g/mol. The van der Waals surface area contributed by atoms with Crippen LogP contribution in [0, 0.1) is 0 Å². The van der Waals surface area contributed by atoms with Crippen LogP contribution in [0.3, 0.4) is 0 Å².